The molecule has 0 spiro atoms. The van der Waals surface area contributed by atoms with E-state index < -0.39 is 11.5 Å². The molecule has 2 fully saturated rings. The molecular weight excluding hydrogens is 464 g/mol. The molecule has 6 nitrogen and oxygen atoms in total. The fourth-order valence-corrected chi connectivity index (χ4v) is 8.12. The average Bonchev–Trinajstić information content (AvgIpc) is 3.00. The lowest BCUT2D eigenvalue weighted by Gasteiger charge is -2.54. The smallest absolute Gasteiger partial charge is 0.222 e. The molecule has 0 bridgehead atoms. The standard InChI is InChI=1S/C31H54N2O4/c1-19(2)28(37)32-26-13-12-20(3)15-22-23(11-10-14-29(26,5)18-34)30(6)17-25(36)27(21(4)33(8)9)31(30,7)16-24(22)35/h15,19-21,23,25-27,34,36H,10-14,16-18H2,1-9H3,(H,32,37)/b22-15+/t20?,21?,23?,25-,26+,27+,29-,30+,31-/m1/s1. The van der Waals surface area contributed by atoms with Crippen molar-refractivity contribution >= 4 is 11.7 Å². The fourth-order valence-electron chi connectivity index (χ4n) is 8.12. The zero-order valence-corrected chi connectivity index (χ0v) is 24.9. The lowest BCUT2D eigenvalue weighted by atomic mass is 9.49. The molecule has 0 heterocycles. The Morgan fingerprint density at radius 1 is 1.14 bits per heavy atom. The molecule has 3 aliphatic rings. The van der Waals surface area contributed by atoms with Crippen LogP contribution in [0.1, 0.15) is 93.4 Å². The zero-order chi connectivity index (χ0) is 27.9. The molecule has 212 valence electrons. The van der Waals surface area contributed by atoms with Crippen molar-refractivity contribution in [3.63, 3.8) is 0 Å². The molecule has 0 aromatic rings. The molecule has 37 heavy (non-hydrogen) atoms. The molecule has 9 atom stereocenters. The van der Waals surface area contributed by atoms with Crippen molar-refractivity contribution in [1.82, 2.24) is 10.2 Å². The Hall–Kier alpha value is -1.24. The average molecular weight is 519 g/mol. The summed E-state index contributed by atoms with van der Waals surface area (Å²) in [6, 6.07) is 0.0633. The molecule has 3 aliphatic carbocycles. The van der Waals surface area contributed by atoms with Crippen LogP contribution >= 0.6 is 0 Å². The number of aliphatic hydroxyl groups excluding tert-OH is 2. The summed E-state index contributed by atoms with van der Waals surface area (Å²) in [7, 11) is 4.12. The van der Waals surface area contributed by atoms with E-state index in [1.807, 2.05) is 13.8 Å². The summed E-state index contributed by atoms with van der Waals surface area (Å²) in [6.07, 6.45) is 7.10. The molecule has 0 radical (unpaired) electrons. The van der Waals surface area contributed by atoms with Crippen molar-refractivity contribution in [2.45, 2.75) is 112 Å². The first kappa shape index (κ1) is 30.3. The second-order valence-corrected chi connectivity index (χ2v) is 14.1. The quantitative estimate of drug-likeness (QED) is 0.496. The summed E-state index contributed by atoms with van der Waals surface area (Å²) in [4.78, 5) is 28.7. The normalized spacial score (nSPS) is 43.4. The number of amides is 1. The molecule has 3 N–H and O–H groups in total. The highest BCUT2D eigenvalue weighted by Gasteiger charge is 2.66. The van der Waals surface area contributed by atoms with Crippen molar-refractivity contribution in [1.29, 1.82) is 0 Å². The second kappa shape index (κ2) is 11.1. The van der Waals surface area contributed by atoms with Crippen LogP contribution in [0.2, 0.25) is 0 Å². The SMILES string of the molecule is CC1/C=C2/C(=O)C[C@]3(C)[C@@H](C(C)N(C)C)[C@H](O)C[C@@]3(C)C2CCC[C@](C)(CO)[C@@H](NC(=O)C(C)C)CC1. The van der Waals surface area contributed by atoms with Gasteiger partial charge in [-0.15, -0.1) is 0 Å². The zero-order valence-electron chi connectivity index (χ0n) is 24.9. The third kappa shape index (κ3) is 5.45. The summed E-state index contributed by atoms with van der Waals surface area (Å²) in [6.45, 7) is 14.8. The Labute approximate surface area is 225 Å². The molecular formula is C31H54N2O4. The highest BCUT2D eigenvalue weighted by molar-refractivity contribution is 5.97. The van der Waals surface area contributed by atoms with Gasteiger partial charge in [0.05, 0.1) is 12.7 Å². The highest BCUT2D eigenvalue weighted by Crippen LogP contribution is 2.67. The first-order valence-corrected chi connectivity index (χ1v) is 14.6. The number of ketones is 1. The van der Waals surface area contributed by atoms with Gasteiger partial charge in [0.25, 0.3) is 0 Å². The van der Waals surface area contributed by atoms with Crippen LogP contribution in [0.15, 0.2) is 11.6 Å². The van der Waals surface area contributed by atoms with Gasteiger partial charge in [0.1, 0.15) is 0 Å². The monoisotopic (exact) mass is 518 g/mol. The van der Waals surface area contributed by atoms with Crippen LogP contribution in [0, 0.1) is 39.9 Å². The van der Waals surface area contributed by atoms with Gasteiger partial charge in [-0.2, -0.15) is 0 Å². The van der Waals surface area contributed by atoms with E-state index in [0.29, 0.717) is 12.8 Å². The van der Waals surface area contributed by atoms with Crippen LogP contribution in [-0.4, -0.2) is 65.7 Å². The Morgan fingerprint density at radius 2 is 1.78 bits per heavy atom. The molecule has 1 amide bonds. The summed E-state index contributed by atoms with van der Waals surface area (Å²) in [5.41, 5.74) is 0.0743. The Morgan fingerprint density at radius 3 is 2.35 bits per heavy atom. The molecule has 3 rings (SSSR count). The molecule has 2 saturated carbocycles. The summed E-state index contributed by atoms with van der Waals surface area (Å²) < 4.78 is 0. The van der Waals surface area contributed by atoms with Gasteiger partial charge in [-0.1, -0.05) is 54.0 Å². The van der Waals surface area contributed by atoms with Gasteiger partial charge >= 0.3 is 0 Å². The largest absolute Gasteiger partial charge is 0.396 e. The van der Waals surface area contributed by atoms with Gasteiger partial charge in [-0.05, 0) is 81.4 Å². The summed E-state index contributed by atoms with van der Waals surface area (Å²) in [5, 5.41) is 25.2. The van der Waals surface area contributed by atoms with E-state index in [4.69, 9.17) is 0 Å². The predicted molar refractivity (Wildman–Crippen MR) is 149 cm³/mol. The van der Waals surface area contributed by atoms with E-state index in [-0.39, 0.29) is 64.9 Å². The minimum Gasteiger partial charge on any atom is -0.396 e. The van der Waals surface area contributed by atoms with E-state index >= 15 is 0 Å². The minimum absolute atomic E-state index is 0.0183. The van der Waals surface area contributed by atoms with E-state index in [0.717, 1.165) is 37.7 Å². The Kier molecular flexibility index (Phi) is 9.09. The molecule has 3 unspecified atom stereocenters. The maximum atomic E-state index is 13.9. The first-order chi connectivity index (χ1) is 17.1. The maximum absolute atomic E-state index is 13.9. The highest BCUT2D eigenvalue weighted by atomic mass is 16.3. The van der Waals surface area contributed by atoms with Crippen molar-refractivity contribution in [2.75, 3.05) is 20.7 Å². The number of rotatable bonds is 5. The number of allylic oxidation sites excluding steroid dienone is 2. The molecule has 0 aromatic heterocycles. The number of hydrogen-bond donors (Lipinski definition) is 3. The van der Waals surface area contributed by atoms with Gasteiger partial charge in [0.2, 0.25) is 5.91 Å². The minimum atomic E-state index is -0.437. The Bertz CT molecular complexity index is 884. The van der Waals surface area contributed by atoms with Crippen LogP contribution in [0.5, 0.6) is 0 Å². The number of nitrogens with one attached hydrogen (secondary N) is 1. The number of carbonyl (C=O) groups excluding carboxylic acids is 2. The Balaban J connectivity index is 2.00. The number of nitrogens with zero attached hydrogens (tertiary/aromatic N) is 1. The van der Waals surface area contributed by atoms with Gasteiger partial charge in [-0.25, -0.2) is 0 Å². The van der Waals surface area contributed by atoms with E-state index in [1.54, 1.807) is 0 Å². The number of Topliss-reactive ketones (excluding diaryl/α,β-unsaturated/α-hetero) is 1. The molecule has 0 aliphatic heterocycles. The summed E-state index contributed by atoms with van der Waals surface area (Å²) in [5.74, 6) is 0.475. The van der Waals surface area contributed by atoms with Crippen molar-refractivity contribution in [3.05, 3.63) is 11.6 Å². The van der Waals surface area contributed by atoms with Gasteiger partial charge < -0.3 is 20.4 Å². The lowest BCUT2D eigenvalue weighted by Crippen LogP contribution is -2.53. The molecule has 0 saturated heterocycles. The third-order valence-electron chi connectivity index (χ3n) is 11.1. The first-order valence-electron chi connectivity index (χ1n) is 14.6. The second-order valence-electron chi connectivity index (χ2n) is 14.1. The number of carbonyl (C=O) groups is 2. The van der Waals surface area contributed by atoms with E-state index in [1.165, 1.54) is 0 Å². The topological polar surface area (TPSA) is 89.9 Å². The van der Waals surface area contributed by atoms with E-state index in [2.05, 4.69) is 65.0 Å². The van der Waals surface area contributed by atoms with Gasteiger partial charge in [0, 0.05) is 35.8 Å². The number of hydrogen-bond acceptors (Lipinski definition) is 5. The molecule has 6 heteroatoms. The third-order valence-corrected chi connectivity index (χ3v) is 11.1. The fraction of sp³-hybridized carbons (Fsp3) is 0.871. The van der Waals surface area contributed by atoms with Crippen LogP contribution in [0.3, 0.4) is 0 Å². The molecule has 0 aromatic carbocycles. The van der Waals surface area contributed by atoms with Crippen molar-refractivity contribution < 1.29 is 19.8 Å². The lowest BCUT2D eigenvalue weighted by molar-refractivity contribution is -0.130. The van der Waals surface area contributed by atoms with Crippen LogP contribution in [-0.2, 0) is 9.59 Å². The predicted octanol–water partition coefficient (Wildman–Crippen LogP) is 4.58. The van der Waals surface area contributed by atoms with Crippen LogP contribution < -0.4 is 5.32 Å². The van der Waals surface area contributed by atoms with Crippen molar-refractivity contribution in [2.24, 2.45) is 39.9 Å². The number of fused-ring (bicyclic) bond motifs is 3. The maximum Gasteiger partial charge on any atom is 0.222 e. The number of aliphatic hydroxyl groups is 2. The van der Waals surface area contributed by atoms with Gasteiger partial charge in [0.15, 0.2) is 5.78 Å². The van der Waals surface area contributed by atoms with Crippen LogP contribution in [0.25, 0.3) is 0 Å². The van der Waals surface area contributed by atoms with E-state index in [9.17, 15) is 19.8 Å². The van der Waals surface area contributed by atoms with Crippen LogP contribution in [0.4, 0.5) is 0 Å². The van der Waals surface area contributed by atoms with Gasteiger partial charge in [-0.3, -0.25) is 9.59 Å². The summed E-state index contributed by atoms with van der Waals surface area (Å²) >= 11 is 0. The van der Waals surface area contributed by atoms with Crippen molar-refractivity contribution in [3.8, 4) is 0 Å².